The van der Waals surface area contributed by atoms with Crippen molar-refractivity contribution in [1.29, 1.82) is 0 Å². The maximum absolute atomic E-state index is 14.2. The highest BCUT2D eigenvalue weighted by Gasteiger charge is 2.34. The number of thioether (sulfide) groups is 1. The first kappa shape index (κ1) is 22.1. The Morgan fingerprint density at radius 3 is 2.62 bits per heavy atom. The predicted molar refractivity (Wildman–Crippen MR) is 128 cm³/mol. The van der Waals surface area contributed by atoms with Crippen molar-refractivity contribution in [2.24, 2.45) is 0 Å². The molecule has 2 unspecified atom stereocenters. The number of nitrogens with one attached hydrogen (secondary N) is 1. The first-order chi connectivity index (χ1) is 15.5. The van der Waals surface area contributed by atoms with E-state index in [0.717, 1.165) is 11.1 Å². The molecule has 32 heavy (non-hydrogen) atoms. The second-order valence-corrected chi connectivity index (χ2v) is 8.92. The number of nitrogens with zero attached hydrogens (tertiary/aromatic N) is 1. The predicted octanol–water partition coefficient (Wildman–Crippen LogP) is 6.05. The van der Waals surface area contributed by atoms with Crippen molar-refractivity contribution in [1.82, 2.24) is 0 Å². The monoisotopic (exact) mass is 448 g/mol. The van der Waals surface area contributed by atoms with Crippen LogP contribution < -0.4 is 10.2 Å². The highest BCUT2D eigenvalue weighted by Crippen LogP contribution is 2.42. The molecule has 0 radical (unpaired) electrons. The molecule has 1 N–H and O–H groups in total. The average Bonchev–Trinajstić information content (AvgIpc) is 3.18. The number of hydrogen-bond acceptors (Lipinski definition) is 3. The molecule has 0 aliphatic carbocycles. The molecule has 1 saturated heterocycles. The van der Waals surface area contributed by atoms with Gasteiger partial charge in [-0.05, 0) is 54.3 Å². The minimum Gasteiger partial charge on any atom is -0.326 e. The van der Waals surface area contributed by atoms with Gasteiger partial charge in [0.1, 0.15) is 11.2 Å². The Kier molecular flexibility index (Phi) is 6.61. The molecule has 4 nitrogen and oxygen atoms in total. The first-order valence-corrected chi connectivity index (χ1v) is 11.7. The third-order valence-corrected chi connectivity index (χ3v) is 6.88. The molecule has 1 fully saturated rings. The zero-order valence-corrected chi connectivity index (χ0v) is 18.9. The molecule has 6 heteroatoms. The Hall–Kier alpha value is -3.12. The number of anilines is 2. The summed E-state index contributed by atoms with van der Waals surface area (Å²) in [5, 5.41) is 2.75. The van der Waals surface area contributed by atoms with E-state index in [1.807, 2.05) is 61.5 Å². The van der Waals surface area contributed by atoms with Crippen molar-refractivity contribution >= 4 is 35.0 Å². The quantitative estimate of drug-likeness (QED) is 0.500. The Labute approximate surface area is 191 Å². The lowest BCUT2D eigenvalue weighted by Gasteiger charge is -2.25. The fourth-order valence-electron chi connectivity index (χ4n) is 3.94. The van der Waals surface area contributed by atoms with E-state index in [9.17, 15) is 14.0 Å². The highest BCUT2D eigenvalue weighted by molar-refractivity contribution is 8.00. The second-order valence-electron chi connectivity index (χ2n) is 7.85. The molecule has 4 rings (SSSR count). The zero-order valence-electron chi connectivity index (χ0n) is 18.0. The second kappa shape index (κ2) is 9.57. The number of amides is 2. The summed E-state index contributed by atoms with van der Waals surface area (Å²) in [5.41, 5.74) is 3.62. The standard InChI is InChI=1S/C26H25FN2O2S/c1-3-22(18-8-5-4-6-9-18)25(31)28-20-11-7-10-19(14-20)26-29(24(30)16-32-26)21-13-12-17(2)23(27)15-21/h4-15,22,26H,3,16H2,1-2H3,(H,28,31). The molecule has 3 aromatic carbocycles. The normalized spacial score (nSPS) is 16.8. The summed E-state index contributed by atoms with van der Waals surface area (Å²) in [4.78, 5) is 27.2. The third kappa shape index (κ3) is 4.55. The van der Waals surface area contributed by atoms with Gasteiger partial charge in [-0.3, -0.25) is 14.5 Å². The van der Waals surface area contributed by atoms with Gasteiger partial charge in [0.05, 0.1) is 11.7 Å². The van der Waals surface area contributed by atoms with Gasteiger partial charge in [-0.15, -0.1) is 11.8 Å². The highest BCUT2D eigenvalue weighted by atomic mass is 32.2. The maximum Gasteiger partial charge on any atom is 0.238 e. The summed E-state index contributed by atoms with van der Waals surface area (Å²) in [7, 11) is 0. The zero-order chi connectivity index (χ0) is 22.7. The minimum atomic E-state index is -0.335. The Balaban J connectivity index is 1.57. The van der Waals surface area contributed by atoms with Crippen LogP contribution in [0.4, 0.5) is 15.8 Å². The summed E-state index contributed by atoms with van der Waals surface area (Å²) in [6.07, 6.45) is 0.690. The van der Waals surface area contributed by atoms with E-state index in [-0.39, 0.29) is 28.9 Å². The first-order valence-electron chi connectivity index (χ1n) is 10.6. The Bertz CT molecular complexity index is 1140. The molecule has 3 aromatic rings. The summed E-state index contributed by atoms with van der Waals surface area (Å²) in [5.74, 6) is -0.382. The number of halogens is 1. The van der Waals surface area contributed by atoms with Gasteiger partial charge in [0.15, 0.2) is 0 Å². The van der Waals surface area contributed by atoms with E-state index < -0.39 is 0 Å². The van der Waals surface area contributed by atoms with Crippen LogP contribution in [0.5, 0.6) is 0 Å². The molecule has 0 bridgehead atoms. The van der Waals surface area contributed by atoms with E-state index in [1.54, 1.807) is 24.0 Å². The van der Waals surface area contributed by atoms with Crippen molar-refractivity contribution in [2.45, 2.75) is 31.6 Å². The smallest absolute Gasteiger partial charge is 0.238 e. The van der Waals surface area contributed by atoms with Gasteiger partial charge in [-0.1, -0.05) is 55.5 Å². The van der Waals surface area contributed by atoms with Crippen LogP contribution in [0.2, 0.25) is 0 Å². The van der Waals surface area contributed by atoms with E-state index in [1.165, 1.54) is 17.8 Å². The fourth-order valence-corrected chi connectivity index (χ4v) is 5.11. The van der Waals surface area contributed by atoms with E-state index >= 15 is 0 Å². The molecule has 0 saturated carbocycles. The van der Waals surface area contributed by atoms with Gasteiger partial charge in [0, 0.05) is 11.4 Å². The van der Waals surface area contributed by atoms with E-state index in [4.69, 9.17) is 0 Å². The van der Waals surface area contributed by atoms with Gasteiger partial charge in [0.2, 0.25) is 11.8 Å². The van der Waals surface area contributed by atoms with Gasteiger partial charge < -0.3 is 5.32 Å². The molecule has 164 valence electrons. The molecule has 0 spiro atoms. The lowest BCUT2D eigenvalue weighted by atomic mass is 9.95. The van der Waals surface area contributed by atoms with Crippen LogP contribution in [-0.2, 0) is 9.59 Å². The SMILES string of the molecule is CCC(C(=O)Nc1cccc(C2SCC(=O)N2c2ccc(C)c(F)c2)c1)c1ccccc1. The van der Waals surface area contributed by atoms with Crippen molar-refractivity contribution in [3.8, 4) is 0 Å². The van der Waals surface area contributed by atoms with Crippen molar-refractivity contribution in [3.05, 3.63) is 95.3 Å². The van der Waals surface area contributed by atoms with E-state index in [0.29, 0.717) is 29.1 Å². The Morgan fingerprint density at radius 1 is 1.12 bits per heavy atom. The number of carbonyl (C=O) groups is 2. The summed E-state index contributed by atoms with van der Waals surface area (Å²) in [6.45, 7) is 3.69. The van der Waals surface area contributed by atoms with Crippen LogP contribution in [0.3, 0.4) is 0 Å². The van der Waals surface area contributed by atoms with Crippen LogP contribution in [0.25, 0.3) is 0 Å². The molecule has 1 heterocycles. The average molecular weight is 449 g/mol. The van der Waals surface area contributed by atoms with Crippen LogP contribution in [0, 0.1) is 12.7 Å². The number of aryl methyl sites for hydroxylation is 1. The topological polar surface area (TPSA) is 49.4 Å². The fraction of sp³-hybridized carbons (Fsp3) is 0.231. The largest absolute Gasteiger partial charge is 0.326 e. The molecule has 0 aromatic heterocycles. The summed E-state index contributed by atoms with van der Waals surface area (Å²) >= 11 is 1.49. The lowest BCUT2D eigenvalue weighted by Crippen LogP contribution is -2.28. The minimum absolute atomic E-state index is 0.0622. The number of hydrogen-bond donors (Lipinski definition) is 1. The number of benzene rings is 3. The molecule has 2 atom stereocenters. The van der Waals surface area contributed by atoms with Crippen molar-refractivity contribution in [3.63, 3.8) is 0 Å². The van der Waals surface area contributed by atoms with Gasteiger partial charge in [-0.2, -0.15) is 0 Å². The van der Waals surface area contributed by atoms with Crippen molar-refractivity contribution in [2.75, 3.05) is 16.0 Å². The third-order valence-electron chi connectivity index (χ3n) is 5.67. The van der Waals surface area contributed by atoms with E-state index in [2.05, 4.69) is 5.32 Å². The molecule has 2 amide bonds. The number of rotatable bonds is 6. The van der Waals surface area contributed by atoms with Gasteiger partial charge in [-0.25, -0.2) is 4.39 Å². The maximum atomic E-state index is 14.2. The summed E-state index contributed by atoms with van der Waals surface area (Å²) in [6, 6.07) is 22.1. The van der Waals surface area contributed by atoms with Crippen LogP contribution in [0.15, 0.2) is 72.8 Å². The lowest BCUT2D eigenvalue weighted by molar-refractivity contribution is -0.118. The number of carbonyl (C=O) groups excluding carboxylic acids is 2. The molecule has 1 aliphatic heterocycles. The molecular weight excluding hydrogens is 423 g/mol. The van der Waals surface area contributed by atoms with Crippen LogP contribution >= 0.6 is 11.8 Å². The van der Waals surface area contributed by atoms with Gasteiger partial charge >= 0.3 is 0 Å². The van der Waals surface area contributed by atoms with Crippen molar-refractivity contribution < 1.29 is 14.0 Å². The van der Waals surface area contributed by atoms with Crippen LogP contribution in [0.1, 0.15) is 41.3 Å². The summed E-state index contributed by atoms with van der Waals surface area (Å²) < 4.78 is 14.2. The Morgan fingerprint density at radius 2 is 1.91 bits per heavy atom. The molecular formula is C26H25FN2O2S. The van der Waals surface area contributed by atoms with Crippen LogP contribution in [-0.4, -0.2) is 17.6 Å². The molecule has 1 aliphatic rings. The van der Waals surface area contributed by atoms with Gasteiger partial charge in [0.25, 0.3) is 0 Å².